The number of aromatic nitrogens is 2. The van der Waals surface area contributed by atoms with Crippen LogP contribution in [0, 0.1) is 0 Å². The first-order valence-electron chi connectivity index (χ1n) is 4.11. The molecule has 1 unspecified atom stereocenters. The number of rotatable bonds is 4. The van der Waals surface area contributed by atoms with Gasteiger partial charge in [0.2, 0.25) is 11.0 Å². The highest BCUT2D eigenvalue weighted by Crippen LogP contribution is 2.28. The van der Waals surface area contributed by atoms with Crippen molar-refractivity contribution in [1.82, 2.24) is 9.36 Å². The van der Waals surface area contributed by atoms with Crippen LogP contribution in [0.1, 0.15) is 12.7 Å². The zero-order valence-corrected chi connectivity index (χ0v) is 8.95. The topological polar surface area (TPSA) is 47.0 Å². The number of methoxy groups -OCH3 is 1. The Morgan fingerprint density at radius 2 is 2.20 bits per heavy atom. The monoisotopic (exact) mass is 241 g/mol. The second-order valence-corrected chi connectivity index (χ2v) is 3.60. The van der Waals surface area contributed by atoms with Crippen molar-refractivity contribution < 1.29 is 17.9 Å². The Hall–Kier alpha value is -0.890. The van der Waals surface area contributed by atoms with Crippen LogP contribution in [0.15, 0.2) is 0 Å². The van der Waals surface area contributed by atoms with Crippen molar-refractivity contribution in [3.63, 3.8) is 0 Å². The van der Waals surface area contributed by atoms with Gasteiger partial charge in [-0.1, -0.05) is 0 Å². The summed E-state index contributed by atoms with van der Waals surface area (Å²) in [5, 5.41) is 2.85. The minimum Gasteiger partial charge on any atom is -0.380 e. The molecule has 86 valence electrons. The molecular formula is C7H10F3N3OS. The minimum absolute atomic E-state index is 0.0942. The lowest BCUT2D eigenvalue weighted by molar-refractivity contribution is -0.144. The number of halogens is 3. The molecule has 0 bridgehead atoms. The first-order valence-corrected chi connectivity index (χ1v) is 4.88. The van der Waals surface area contributed by atoms with E-state index in [9.17, 15) is 13.2 Å². The summed E-state index contributed by atoms with van der Waals surface area (Å²) < 4.78 is 44.4. The molecule has 0 spiro atoms. The number of hydrogen-bond donors (Lipinski definition) is 1. The van der Waals surface area contributed by atoms with Crippen molar-refractivity contribution in [1.29, 1.82) is 0 Å². The highest BCUT2D eigenvalue weighted by atomic mass is 32.1. The van der Waals surface area contributed by atoms with E-state index in [0.717, 1.165) is 0 Å². The van der Waals surface area contributed by atoms with Crippen molar-refractivity contribution >= 4 is 16.7 Å². The smallest absolute Gasteiger partial charge is 0.380 e. The maximum Gasteiger partial charge on any atom is 0.452 e. The SMILES string of the molecule is COC(C)CNc1nc(C(F)(F)F)ns1. The van der Waals surface area contributed by atoms with Crippen molar-refractivity contribution in [2.24, 2.45) is 0 Å². The molecule has 1 heterocycles. The summed E-state index contributed by atoms with van der Waals surface area (Å²) in [5.74, 6) is -1.11. The zero-order chi connectivity index (χ0) is 11.5. The second kappa shape index (κ2) is 4.75. The van der Waals surface area contributed by atoms with Gasteiger partial charge in [0.25, 0.3) is 0 Å². The highest BCUT2D eigenvalue weighted by molar-refractivity contribution is 7.09. The van der Waals surface area contributed by atoms with Gasteiger partial charge in [-0.05, 0) is 6.92 Å². The summed E-state index contributed by atoms with van der Waals surface area (Å²) in [6.45, 7) is 2.18. The Balaban J connectivity index is 2.54. The first-order chi connectivity index (χ1) is 6.93. The zero-order valence-electron chi connectivity index (χ0n) is 8.13. The summed E-state index contributed by atoms with van der Waals surface area (Å²) >= 11 is 0.681. The van der Waals surface area contributed by atoms with Gasteiger partial charge in [0, 0.05) is 25.2 Å². The Morgan fingerprint density at radius 3 is 2.67 bits per heavy atom. The Labute approximate surface area is 88.6 Å². The fourth-order valence-corrected chi connectivity index (χ4v) is 1.32. The van der Waals surface area contributed by atoms with Crippen LogP contribution in [-0.2, 0) is 10.9 Å². The molecule has 1 aromatic rings. The number of nitrogens with zero attached hydrogens (tertiary/aromatic N) is 2. The van der Waals surface area contributed by atoms with Crippen LogP contribution in [0.4, 0.5) is 18.3 Å². The van der Waals surface area contributed by atoms with Crippen LogP contribution in [0.5, 0.6) is 0 Å². The van der Waals surface area contributed by atoms with Gasteiger partial charge in [0.1, 0.15) is 0 Å². The molecule has 8 heteroatoms. The van der Waals surface area contributed by atoms with Gasteiger partial charge in [0.05, 0.1) is 6.10 Å². The van der Waals surface area contributed by atoms with E-state index < -0.39 is 12.0 Å². The first kappa shape index (κ1) is 12.2. The van der Waals surface area contributed by atoms with Crippen LogP contribution in [0.25, 0.3) is 0 Å². The molecule has 0 fully saturated rings. The molecule has 0 aliphatic carbocycles. The van der Waals surface area contributed by atoms with E-state index in [2.05, 4.69) is 14.7 Å². The van der Waals surface area contributed by atoms with Gasteiger partial charge in [-0.2, -0.15) is 22.5 Å². The number of hydrogen-bond acceptors (Lipinski definition) is 5. The third kappa shape index (κ3) is 3.63. The molecule has 0 aromatic carbocycles. The van der Waals surface area contributed by atoms with Gasteiger partial charge in [0.15, 0.2) is 0 Å². The maximum absolute atomic E-state index is 12.1. The average molecular weight is 241 g/mol. The average Bonchev–Trinajstić information content (AvgIpc) is 2.61. The molecule has 1 rings (SSSR count). The van der Waals surface area contributed by atoms with Crippen LogP contribution in [0.3, 0.4) is 0 Å². The lowest BCUT2D eigenvalue weighted by Crippen LogP contribution is -2.18. The Kier molecular flexibility index (Phi) is 3.86. The van der Waals surface area contributed by atoms with Gasteiger partial charge in [-0.3, -0.25) is 0 Å². The van der Waals surface area contributed by atoms with E-state index in [-0.39, 0.29) is 11.2 Å². The molecule has 0 aliphatic heterocycles. The molecule has 0 radical (unpaired) electrons. The van der Waals surface area contributed by atoms with E-state index in [1.807, 2.05) is 0 Å². The minimum atomic E-state index is -4.48. The molecule has 1 atom stereocenters. The van der Waals surface area contributed by atoms with E-state index in [4.69, 9.17) is 4.74 Å². The van der Waals surface area contributed by atoms with Crippen molar-refractivity contribution in [3.8, 4) is 0 Å². The van der Waals surface area contributed by atoms with Crippen LogP contribution in [0.2, 0.25) is 0 Å². The largest absolute Gasteiger partial charge is 0.452 e. The molecule has 1 N–H and O–H groups in total. The predicted octanol–water partition coefficient (Wildman–Crippen LogP) is 2.00. The fraction of sp³-hybridized carbons (Fsp3) is 0.714. The summed E-state index contributed by atoms with van der Waals surface area (Å²) in [6.07, 6.45) is -4.58. The number of nitrogens with one attached hydrogen (secondary N) is 1. The number of ether oxygens (including phenoxy) is 1. The van der Waals surface area contributed by atoms with Crippen LogP contribution < -0.4 is 5.32 Å². The van der Waals surface area contributed by atoms with Gasteiger partial charge >= 0.3 is 6.18 Å². The molecular weight excluding hydrogens is 231 g/mol. The van der Waals surface area contributed by atoms with Gasteiger partial charge < -0.3 is 10.1 Å². The Morgan fingerprint density at radius 1 is 1.53 bits per heavy atom. The maximum atomic E-state index is 12.1. The van der Waals surface area contributed by atoms with E-state index in [1.54, 1.807) is 6.92 Å². The molecule has 0 saturated heterocycles. The summed E-state index contributed by atoms with van der Waals surface area (Å²) in [6, 6.07) is 0. The fourth-order valence-electron chi connectivity index (χ4n) is 0.725. The molecule has 15 heavy (non-hydrogen) atoms. The molecule has 0 saturated carbocycles. The Bertz CT molecular complexity index is 315. The van der Waals surface area contributed by atoms with Crippen molar-refractivity contribution in [3.05, 3.63) is 5.82 Å². The van der Waals surface area contributed by atoms with E-state index >= 15 is 0 Å². The summed E-state index contributed by atoms with van der Waals surface area (Å²) in [5.41, 5.74) is 0. The number of anilines is 1. The van der Waals surface area contributed by atoms with Gasteiger partial charge in [-0.15, -0.1) is 0 Å². The normalized spacial score (nSPS) is 13.9. The van der Waals surface area contributed by atoms with Gasteiger partial charge in [-0.25, -0.2) is 0 Å². The van der Waals surface area contributed by atoms with Crippen molar-refractivity contribution in [2.75, 3.05) is 19.0 Å². The molecule has 0 aliphatic rings. The summed E-state index contributed by atoms with van der Waals surface area (Å²) in [7, 11) is 1.52. The molecule has 1 aromatic heterocycles. The summed E-state index contributed by atoms with van der Waals surface area (Å²) in [4.78, 5) is 3.30. The van der Waals surface area contributed by atoms with Crippen LogP contribution in [-0.4, -0.2) is 29.1 Å². The highest BCUT2D eigenvalue weighted by Gasteiger charge is 2.36. The van der Waals surface area contributed by atoms with Crippen molar-refractivity contribution in [2.45, 2.75) is 19.2 Å². The lowest BCUT2D eigenvalue weighted by Gasteiger charge is -2.08. The molecule has 0 amide bonds. The molecule has 4 nitrogen and oxygen atoms in total. The lowest BCUT2D eigenvalue weighted by atomic mass is 10.4. The second-order valence-electron chi connectivity index (χ2n) is 2.85. The third-order valence-corrected chi connectivity index (χ3v) is 2.30. The predicted molar refractivity (Wildman–Crippen MR) is 49.9 cm³/mol. The standard InChI is InChI=1S/C7H10F3N3OS/c1-4(14-2)3-11-6-12-5(13-15-6)7(8,9)10/h4H,3H2,1-2H3,(H,11,12,13). The quantitative estimate of drug-likeness (QED) is 0.875. The van der Waals surface area contributed by atoms with E-state index in [1.165, 1.54) is 7.11 Å². The van der Waals surface area contributed by atoms with E-state index in [0.29, 0.717) is 18.1 Å². The third-order valence-electron chi connectivity index (χ3n) is 1.62. The van der Waals surface area contributed by atoms with Crippen LogP contribution >= 0.6 is 11.5 Å². The number of alkyl halides is 3.